The molecule has 0 saturated carbocycles. The third-order valence-electron chi connectivity index (χ3n) is 12.8. The largest absolute Gasteiger partial charge is 0.372 e. The van der Waals surface area contributed by atoms with Crippen LogP contribution in [0.3, 0.4) is 0 Å². The van der Waals surface area contributed by atoms with Crippen molar-refractivity contribution in [2.45, 2.75) is 84.1 Å². The van der Waals surface area contributed by atoms with E-state index in [1.54, 1.807) is 11.2 Å². The zero-order chi connectivity index (χ0) is 42.4. The Morgan fingerprint density at radius 2 is 1.67 bits per heavy atom. The highest BCUT2D eigenvalue weighted by Gasteiger charge is 2.29. The number of hydrogen-bond acceptors (Lipinski definition) is 10. The van der Waals surface area contributed by atoms with Crippen molar-refractivity contribution in [1.29, 1.82) is 0 Å². The first kappa shape index (κ1) is 40.3. The SMILES string of the molecule is Cc1cc(-c2ncnc3[nH]c4cc(C5CCN(CC6CCN(c7ccc(N8CCC(=O)NC8=O)cc7)CC6)CC5)ccc4c23)ccc1[C@@H](C)NC(=O)c1nc(C(C)(C)C)no1. The van der Waals surface area contributed by atoms with E-state index in [1.165, 1.54) is 24.1 Å². The molecule has 0 radical (unpaired) electrons. The molecule has 3 aliphatic heterocycles. The maximum atomic E-state index is 13.0. The van der Waals surface area contributed by atoms with Crippen molar-refractivity contribution in [1.82, 2.24) is 40.6 Å². The molecule has 14 heteroatoms. The molecule has 0 aliphatic carbocycles. The van der Waals surface area contributed by atoms with E-state index < -0.39 is 5.91 Å². The number of anilines is 2. The van der Waals surface area contributed by atoms with E-state index in [-0.39, 0.29) is 29.3 Å². The predicted octanol–water partition coefficient (Wildman–Crippen LogP) is 7.80. The number of imide groups is 1. The molecule has 3 aromatic heterocycles. The van der Waals surface area contributed by atoms with Crippen LogP contribution in [0.1, 0.15) is 105 Å². The Hall–Kier alpha value is -6.15. The average molecular weight is 823 g/mol. The lowest BCUT2D eigenvalue weighted by atomic mass is 9.87. The predicted molar refractivity (Wildman–Crippen MR) is 236 cm³/mol. The second-order valence-electron chi connectivity index (χ2n) is 18.1. The Kier molecular flexibility index (Phi) is 10.8. The lowest BCUT2D eigenvalue weighted by Gasteiger charge is -2.38. The summed E-state index contributed by atoms with van der Waals surface area (Å²) in [7, 11) is 0. The van der Waals surface area contributed by atoms with Crippen molar-refractivity contribution in [3.63, 3.8) is 0 Å². The Bertz CT molecular complexity index is 2590. The van der Waals surface area contributed by atoms with Gasteiger partial charge in [-0.1, -0.05) is 50.2 Å². The number of carbonyl (C=O) groups is 3. The molecule has 0 bridgehead atoms. The number of aromatic nitrogens is 5. The molecule has 0 unspecified atom stereocenters. The third kappa shape index (κ3) is 8.33. The number of likely N-dealkylation sites (tertiary alicyclic amines) is 1. The molecule has 61 heavy (non-hydrogen) atoms. The number of piperidine rings is 2. The van der Waals surface area contributed by atoms with E-state index in [9.17, 15) is 14.4 Å². The molecule has 3 aliphatic rings. The van der Waals surface area contributed by atoms with Gasteiger partial charge in [-0.3, -0.25) is 19.8 Å². The highest BCUT2D eigenvalue weighted by atomic mass is 16.5. The van der Waals surface area contributed by atoms with Crippen LogP contribution in [0.5, 0.6) is 0 Å². The van der Waals surface area contributed by atoms with Crippen LogP contribution in [0.25, 0.3) is 33.2 Å². The van der Waals surface area contributed by atoms with E-state index in [2.05, 4.69) is 83.0 Å². The molecule has 3 aromatic carbocycles. The van der Waals surface area contributed by atoms with Crippen molar-refractivity contribution in [2.75, 3.05) is 49.1 Å². The van der Waals surface area contributed by atoms with Gasteiger partial charge in [-0.15, -0.1) is 0 Å². The molecule has 4 amide bonds. The second kappa shape index (κ2) is 16.4. The zero-order valence-corrected chi connectivity index (χ0v) is 35.6. The molecule has 0 spiro atoms. The molecular formula is C47H54N10O4. The molecular weight excluding hydrogens is 769 g/mol. The molecule has 6 heterocycles. The van der Waals surface area contributed by atoms with Crippen LogP contribution >= 0.6 is 0 Å². The van der Waals surface area contributed by atoms with Gasteiger partial charge in [0.15, 0.2) is 5.82 Å². The molecule has 14 nitrogen and oxygen atoms in total. The Balaban J connectivity index is 0.799. The molecule has 1 atom stereocenters. The summed E-state index contributed by atoms with van der Waals surface area (Å²) in [4.78, 5) is 60.8. The van der Waals surface area contributed by atoms with Gasteiger partial charge in [-0.05, 0) is 118 Å². The third-order valence-corrected chi connectivity index (χ3v) is 12.8. The van der Waals surface area contributed by atoms with Crippen LogP contribution in [0.2, 0.25) is 0 Å². The van der Waals surface area contributed by atoms with E-state index in [0.29, 0.717) is 30.6 Å². The van der Waals surface area contributed by atoms with Gasteiger partial charge in [0.1, 0.15) is 12.0 Å². The Labute approximate surface area is 355 Å². The maximum Gasteiger partial charge on any atom is 0.328 e. The number of H-pyrrole nitrogens is 1. The summed E-state index contributed by atoms with van der Waals surface area (Å²) < 4.78 is 5.26. The summed E-state index contributed by atoms with van der Waals surface area (Å²) >= 11 is 0. The van der Waals surface area contributed by atoms with Crippen molar-refractivity contribution in [3.05, 3.63) is 95.4 Å². The van der Waals surface area contributed by atoms with Crippen LogP contribution in [-0.4, -0.2) is 87.1 Å². The van der Waals surface area contributed by atoms with Gasteiger partial charge in [0.05, 0.1) is 17.1 Å². The van der Waals surface area contributed by atoms with Gasteiger partial charge in [-0.25, -0.2) is 14.8 Å². The Morgan fingerprint density at radius 1 is 0.918 bits per heavy atom. The fraction of sp³-hybridized carbons (Fsp3) is 0.426. The first-order valence-corrected chi connectivity index (χ1v) is 21.6. The number of hydrogen-bond donors (Lipinski definition) is 3. The average Bonchev–Trinajstić information content (AvgIpc) is 3.91. The minimum atomic E-state index is -0.401. The van der Waals surface area contributed by atoms with Crippen LogP contribution in [-0.2, 0) is 10.2 Å². The number of aromatic amines is 1. The summed E-state index contributed by atoms with van der Waals surface area (Å²) in [6, 6.07) is 20.6. The monoisotopic (exact) mass is 822 g/mol. The van der Waals surface area contributed by atoms with Gasteiger partial charge >= 0.3 is 17.8 Å². The van der Waals surface area contributed by atoms with Gasteiger partial charge in [0.25, 0.3) is 0 Å². The van der Waals surface area contributed by atoms with Gasteiger partial charge in [-0.2, -0.15) is 4.98 Å². The van der Waals surface area contributed by atoms with E-state index in [4.69, 9.17) is 9.51 Å². The number of amides is 4. The number of benzene rings is 3. The second-order valence-corrected chi connectivity index (χ2v) is 18.1. The first-order chi connectivity index (χ1) is 29.4. The quantitative estimate of drug-likeness (QED) is 0.131. The summed E-state index contributed by atoms with van der Waals surface area (Å²) in [6.07, 6.45) is 6.57. The van der Waals surface area contributed by atoms with Crippen LogP contribution in [0.4, 0.5) is 16.2 Å². The van der Waals surface area contributed by atoms with Crippen molar-refractivity contribution < 1.29 is 18.9 Å². The summed E-state index contributed by atoms with van der Waals surface area (Å²) in [5.41, 5.74) is 8.83. The number of nitrogens with zero attached hydrogens (tertiary/aromatic N) is 7. The lowest BCUT2D eigenvalue weighted by molar-refractivity contribution is -0.120. The van der Waals surface area contributed by atoms with Crippen molar-refractivity contribution in [3.8, 4) is 11.3 Å². The van der Waals surface area contributed by atoms with Gasteiger partial charge in [0, 0.05) is 65.9 Å². The fourth-order valence-corrected chi connectivity index (χ4v) is 9.33. The van der Waals surface area contributed by atoms with E-state index in [1.807, 2.05) is 52.8 Å². The number of aryl methyl sites for hydroxylation is 1. The lowest BCUT2D eigenvalue weighted by Crippen LogP contribution is -2.49. The topological polar surface area (TPSA) is 165 Å². The molecule has 3 fully saturated rings. The minimum absolute atomic E-state index is 0.0410. The summed E-state index contributed by atoms with van der Waals surface area (Å²) in [5, 5.41) is 11.5. The number of urea groups is 1. The molecule has 3 N–H and O–H groups in total. The molecule has 6 aromatic rings. The van der Waals surface area contributed by atoms with Crippen molar-refractivity contribution >= 4 is 51.2 Å². The number of rotatable bonds is 9. The van der Waals surface area contributed by atoms with Crippen LogP contribution < -0.4 is 20.4 Å². The fourth-order valence-electron chi connectivity index (χ4n) is 9.33. The van der Waals surface area contributed by atoms with Crippen LogP contribution in [0, 0.1) is 12.8 Å². The van der Waals surface area contributed by atoms with E-state index >= 15 is 0 Å². The number of carbonyl (C=O) groups excluding carboxylic acids is 3. The number of nitrogens with one attached hydrogen (secondary N) is 3. The zero-order valence-electron chi connectivity index (χ0n) is 35.6. The molecule has 3 saturated heterocycles. The maximum absolute atomic E-state index is 13.0. The van der Waals surface area contributed by atoms with Crippen molar-refractivity contribution in [2.24, 2.45) is 5.92 Å². The minimum Gasteiger partial charge on any atom is -0.372 e. The van der Waals surface area contributed by atoms with Gasteiger partial charge < -0.3 is 24.6 Å². The Morgan fingerprint density at radius 3 is 2.38 bits per heavy atom. The van der Waals surface area contributed by atoms with Crippen LogP contribution in [0.15, 0.2) is 71.5 Å². The highest BCUT2D eigenvalue weighted by Crippen LogP contribution is 2.37. The summed E-state index contributed by atoms with van der Waals surface area (Å²) in [5.74, 6) is 1.03. The van der Waals surface area contributed by atoms with E-state index in [0.717, 1.165) is 95.6 Å². The normalized spacial score (nSPS) is 17.9. The van der Waals surface area contributed by atoms with Gasteiger partial charge in [0.2, 0.25) is 5.91 Å². The molecule has 316 valence electrons. The first-order valence-electron chi connectivity index (χ1n) is 21.6. The number of fused-ring (bicyclic) bond motifs is 3. The standard InChI is InChI=1S/C47H54N10O4/c1-28-24-33(7-12-36(28)29(2)50-43(59)44-53-45(54-61-44)47(3,4)5)41-40-37-13-6-32(25-38(37)51-42(40)49-27-48-41)31-16-19-55(20-17-31)26-30-14-21-56(22-15-30)34-8-10-35(11-9-34)57-23-18-39(58)52-46(57)60/h6-13,24-25,27,29-31H,14-23,26H2,1-5H3,(H,50,59)(H,48,49,51)(H,52,58,60)/t29-/m1/s1. The summed E-state index contributed by atoms with van der Waals surface area (Å²) in [6.45, 7) is 15.8. The smallest absolute Gasteiger partial charge is 0.328 e. The highest BCUT2D eigenvalue weighted by molar-refractivity contribution is 6.12. The molecule has 9 rings (SSSR count).